The normalized spacial score (nSPS) is 11.5. The van der Waals surface area contributed by atoms with Crippen molar-refractivity contribution in [2.75, 3.05) is 59.8 Å². The Balaban J connectivity index is 0. The van der Waals surface area contributed by atoms with Crippen LogP contribution in [-0.2, 0) is 61.9 Å². The van der Waals surface area contributed by atoms with Crippen LogP contribution in [0.2, 0.25) is 0 Å². The maximum Gasteiger partial charge on any atom is 0.410 e. The Kier molecular flexibility index (Phi) is 45.8. The van der Waals surface area contributed by atoms with E-state index in [0.717, 1.165) is 96.2 Å². The lowest BCUT2D eigenvalue weighted by atomic mass is 10.1. The molecule has 0 aromatic carbocycles. The van der Waals surface area contributed by atoms with Crippen LogP contribution in [-0.4, -0.2) is 113 Å². The molecule has 0 N–H and O–H groups in total. The first-order valence-corrected chi connectivity index (χ1v) is 26.3. The van der Waals surface area contributed by atoms with Gasteiger partial charge in [0.1, 0.15) is 31.7 Å². The molecule has 0 radical (unpaired) electrons. The predicted molar refractivity (Wildman–Crippen MR) is 265 cm³/mol. The quantitative estimate of drug-likeness (QED) is 0.0243. The molecule has 398 valence electrons. The first-order valence-electron chi connectivity index (χ1n) is 26.3. The van der Waals surface area contributed by atoms with Crippen LogP contribution in [0.25, 0.3) is 0 Å². The molecule has 0 saturated carbocycles. The molecule has 0 aromatic heterocycles. The van der Waals surface area contributed by atoms with Gasteiger partial charge in [-0.2, -0.15) is 0 Å². The number of hydrogen-bond acceptors (Lipinski definition) is 14. The van der Waals surface area contributed by atoms with Gasteiger partial charge >= 0.3 is 35.9 Å². The summed E-state index contributed by atoms with van der Waals surface area (Å²) in [5.74, 6) is -2.74. The predicted octanol–water partition coefficient (Wildman–Crippen LogP) is 11.6. The second-order valence-corrected chi connectivity index (χ2v) is 18.8. The Morgan fingerprint density at radius 1 is 0.426 bits per heavy atom. The van der Waals surface area contributed by atoms with Gasteiger partial charge < -0.3 is 42.9 Å². The van der Waals surface area contributed by atoms with Crippen molar-refractivity contribution in [3.05, 3.63) is 0 Å². The minimum Gasteiger partial charge on any atom is -0.465 e. The molecule has 0 spiro atoms. The summed E-state index contributed by atoms with van der Waals surface area (Å²) in [6.07, 6.45) is 22.6. The molecular formula is C53H97NO14. The number of esters is 5. The summed E-state index contributed by atoms with van der Waals surface area (Å²) in [5.41, 5.74) is -0.757. The molecule has 0 aliphatic rings. The summed E-state index contributed by atoms with van der Waals surface area (Å²) in [6.45, 7) is 14.3. The zero-order valence-corrected chi connectivity index (χ0v) is 44.1. The van der Waals surface area contributed by atoms with Gasteiger partial charge in [-0.3, -0.25) is 24.0 Å². The number of carbonyl (C=O) groups is 7. The molecule has 0 heterocycles. The zero-order valence-electron chi connectivity index (χ0n) is 44.1. The fraction of sp³-hybridized carbons (Fsp3) is 0.868. The number of rotatable bonds is 43. The van der Waals surface area contributed by atoms with Gasteiger partial charge in [-0.25, -0.2) is 4.79 Å². The summed E-state index contributed by atoms with van der Waals surface area (Å²) in [7, 11) is 1.53. The largest absolute Gasteiger partial charge is 0.465 e. The van der Waals surface area contributed by atoms with Gasteiger partial charge in [-0.15, -0.1) is 0 Å². The number of carbonyl (C=O) groups excluding carboxylic acids is 7. The third-order valence-corrected chi connectivity index (χ3v) is 10.7. The average molecular weight is 972 g/mol. The Labute approximate surface area is 411 Å². The second kappa shape index (κ2) is 47.0. The van der Waals surface area contributed by atoms with E-state index in [1.165, 1.54) is 44.1 Å². The highest BCUT2D eigenvalue weighted by molar-refractivity contribution is 5.72. The Morgan fingerprint density at radius 2 is 0.721 bits per heavy atom. The standard InChI is InChI=1S/C49H89NO13.C4H8O/c1-8-11-14-17-20-23-28-43(51)58-36-41(35-57-7)37-59-46(54)31-26-33-50(48(56)63-49(4,5)6)34-27-32-47(55)62-40-42(38-60-44(52)29-24-21-18-15-12-9-2)39-61-45(53)30-25-22-19-16-13-10-3;1-2-3-4-5/h41-42H,8-40H2,1-7H3;4H,2-3H2,1H3. The van der Waals surface area contributed by atoms with Crippen molar-refractivity contribution in [1.82, 2.24) is 4.90 Å². The average Bonchev–Trinajstić information content (AvgIpc) is 3.29. The van der Waals surface area contributed by atoms with Crippen LogP contribution in [0.15, 0.2) is 0 Å². The molecule has 0 rings (SSSR count). The number of aldehydes is 1. The van der Waals surface area contributed by atoms with Crippen LogP contribution in [0, 0.1) is 11.8 Å². The molecule has 68 heavy (non-hydrogen) atoms. The molecule has 0 aliphatic heterocycles. The lowest BCUT2D eigenvalue weighted by Gasteiger charge is -2.27. The summed E-state index contributed by atoms with van der Waals surface area (Å²) in [6, 6.07) is 0. The first kappa shape index (κ1) is 66.3. The molecule has 0 saturated heterocycles. The minimum atomic E-state index is -0.757. The van der Waals surface area contributed by atoms with E-state index < -0.39 is 29.6 Å². The Morgan fingerprint density at radius 3 is 0.985 bits per heavy atom. The van der Waals surface area contributed by atoms with Gasteiger partial charge in [-0.05, 0) is 59.3 Å². The van der Waals surface area contributed by atoms with E-state index in [-0.39, 0.29) is 95.8 Å². The van der Waals surface area contributed by atoms with Crippen LogP contribution < -0.4 is 0 Å². The topological polar surface area (TPSA) is 187 Å². The summed E-state index contributed by atoms with van der Waals surface area (Å²) >= 11 is 0. The molecule has 0 aromatic rings. The number of amides is 1. The fourth-order valence-corrected chi connectivity index (χ4v) is 6.66. The van der Waals surface area contributed by atoms with Crippen LogP contribution in [0.3, 0.4) is 0 Å². The van der Waals surface area contributed by atoms with E-state index >= 15 is 0 Å². The highest BCUT2D eigenvalue weighted by Crippen LogP contribution is 2.15. The molecule has 15 heteroatoms. The van der Waals surface area contributed by atoms with Gasteiger partial charge in [0.15, 0.2) is 0 Å². The molecule has 1 amide bonds. The molecule has 0 fully saturated rings. The van der Waals surface area contributed by atoms with Crippen LogP contribution in [0.1, 0.15) is 222 Å². The highest BCUT2D eigenvalue weighted by atomic mass is 16.6. The van der Waals surface area contributed by atoms with Crippen LogP contribution in [0.5, 0.6) is 0 Å². The van der Waals surface area contributed by atoms with Crippen molar-refractivity contribution in [3.8, 4) is 0 Å². The van der Waals surface area contributed by atoms with Crippen molar-refractivity contribution >= 4 is 42.2 Å². The number of nitrogens with zero attached hydrogens (tertiary/aromatic N) is 1. The monoisotopic (exact) mass is 972 g/mol. The summed E-state index contributed by atoms with van der Waals surface area (Å²) in [5, 5.41) is 0. The van der Waals surface area contributed by atoms with Crippen molar-refractivity contribution in [1.29, 1.82) is 0 Å². The minimum absolute atomic E-state index is 0.00584. The fourth-order valence-electron chi connectivity index (χ4n) is 6.66. The molecule has 0 aliphatic carbocycles. The van der Waals surface area contributed by atoms with Crippen LogP contribution in [0.4, 0.5) is 4.79 Å². The van der Waals surface area contributed by atoms with Crippen molar-refractivity contribution < 1.29 is 66.7 Å². The van der Waals surface area contributed by atoms with Crippen LogP contribution >= 0.6 is 0 Å². The number of methoxy groups -OCH3 is 1. The van der Waals surface area contributed by atoms with Gasteiger partial charge in [0.2, 0.25) is 0 Å². The number of hydrogen-bond donors (Lipinski definition) is 0. The van der Waals surface area contributed by atoms with Crippen molar-refractivity contribution in [2.24, 2.45) is 11.8 Å². The van der Waals surface area contributed by atoms with E-state index in [1.54, 1.807) is 20.8 Å². The molecule has 0 bridgehead atoms. The maximum atomic E-state index is 13.1. The Bertz CT molecular complexity index is 1250. The van der Waals surface area contributed by atoms with E-state index in [2.05, 4.69) is 20.8 Å². The number of unbranched alkanes of at least 4 members (excludes halogenated alkanes) is 16. The summed E-state index contributed by atoms with van der Waals surface area (Å²) in [4.78, 5) is 86.7. The molecule has 1 unspecified atom stereocenters. The molecule has 15 nitrogen and oxygen atoms in total. The van der Waals surface area contributed by atoms with Crippen molar-refractivity contribution in [2.45, 2.75) is 227 Å². The number of ether oxygens (including phenoxy) is 7. The van der Waals surface area contributed by atoms with Gasteiger partial charge in [0.25, 0.3) is 0 Å². The SMILES string of the molecule is CCCC=O.CCCCCCCCC(=O)OCC(COC)COC(=O)CCCN(CCCC(=O)OCC(COC(=O)CCCCCCCC)COC(=O)CCCCCCCC)C(=O)OC(C)(C)C. The lowest BCUT2D eigenvalue weighted by molar-refractivity contribution is -0.154. The van der Waals surface area contributed by atoms with E-state index in [4.69, 9.17) is 33.2 Å². The van der Waals surface area contributed by atoms with Crippen molar-refractivity contribution in [3.63, 3.8) is 0 Å². The van der Waals surface area contributed by atoms with Gasteiger partial charge in [-0.1, -0.05) is 124 Å². The maximum absolute atomic E-state index is 13.1. The summed E-state index contributed by atoms with van der Waals surface area (Å²) < 4.78 is 38.3. The smallest absolute Gasteiger partial charge is 0.410 e. The third kappa shape index (κ3) is 46.0. The third-order valence-electron chi connectivity index (χ3n) is 10.7. The zero-order chi connectivity index (χ0) is 51.1. The van der Waals surface area contributed by atoms with E-state index in [0.29, 0.717) is 32.1 Å². The first-order chi connectivity index (χ1) is 32.7. The molecule has 1 atom stereocenters. The van der Waals surface area contributed by atoms with E-state index in [1.807, 2.05) is 6.92 Å². The molecular weight excluding hydrogens is 875 g/mol. The Hall–Kier alpha value is -3.75. The lowest BCUT2D eigenvalue weighted by Crippen LogP contribution is -2.38. The highest BCUT2D eigenvalue weighted by Gasteiger charge is 2.24. The van der Waals surface area contributed by atoms with Gasteiger partial charge in [0.05, 0.1) is 31.7 Å². The van der Waals surface area contributed by atoms with E-state index in [9.17, 15) is 33.6 Å². The second-order valence-electron chi connectivity index (χ2n) is 18.8. The van der Waals surface area contributed by atoms with Gasteiger partial charge in [0, 0.05) is 58.7 Å².